The highest BCUT2D eigenvalue weighted by molar-refractivity contribution is 5.89. The van der Waals surface area contributed by atoms with Gasteiger partial charge in [-0.2, -0.15) is 0 Å². The predicted molar refractivity (Wildman–Crippen MR) is 148 cm³/mol. The van der Waals surface area contributed by atoms with Crippen LogP contribution in [0.4, 0.5) is 5.69 Å². The Morgan fingerprint density at radius 1 is 1.18 bits per heavy atom. The summed E-state index contributed by atoms with van der Waals surface area (Å²) in [7, 11) is 1.57. The molecule has 1 saturated carbocycles. The van der Waals surface area contributed by atoms with Crippen LogP contribution in [0.3, 0.4) is 0 Å². The van der Waals surface area contributed by atoms with E-state index in [-0.39, 0.29) is 55.5 Å². The number of amides is 2. The number of methoxy groups -OCH3 is 1. The van der Waals surface area contributed by atoms with Gasteiger partial charge in [0.15, 0.2) is 0 Å². The lowest BCUT2D eigenvalue weighted by atomic mass is 9.90. The normalized spacial score (nSPS) is 20.4. The average Bonchev–Trinajstić information content (AvgIpc) is 3.35. The summed E-state index contributed by atoms with van der Waals surface area (Å²) < 4.78 is 7.14. The number of aromatic nitrogens is 2. The number of ether oxygens (including phenoxy) is 1. The minimum absolute atomic E-state index is 0.0211. The van der Waals surface area contributed by atoms with E-state index in [9.17, 15) is 19.7 Å². The quantitative estimate of drug-likeness (QED) is 0.326. The van der Waals surface area contributed by atoms with Gasteiger partial charge >= 0.3 is 0 Å². The van der Waals surface area contributed by atoms with Crippen molar-refractivity contribution in [2.45, 2.75) is 69.7 Å². The number of fused-ring (bicyclic) bond motifs is 1. The number of nitro groups is 1. The summed E-state index contributed by atoms with van der Waals surface area (Å²) in [5.74, 6) is 0.208. The van der Waals surface area contributed by atoms with Gasteiger partial charge in [-0.1, -0.05) is 43.2 Å². The molecule has 1 aliphatic carbocycles. The van der Waals surface area contributed by atoms with Crippen molar-refractivity contribution in [1.82, 2.24) is 19.8 Å². The molecule has 1 aliphatic heterocycles. The Morgan fingerprint density at radius 3 is 2.75 bits per heavy atom. The largest absolute Gasteiger partial charge is 0.497 e. The number of rotatable bonds is 8. The molecule has 40 heavy (non-hydrogen) atoms. The van der Waals surface area contributed by atoms with E-state index in [4.69, 9.17) is 10.5 Å². The van der Waals surface area contributed by atoms with Crippen molar-refractivity contribution in [3.8, 4) is 5.75 Å². The first-order chi connectivity index (χ1) is 19.3. The van der Waals surface area contributed by atoms with Gasteiger partial charge < -0.3 is 25.3 Å². The zero-order valence-corrected chi connectivity index (χ0v) is 22.5. The predicted octanol–water partition coefficient (Wildman–Crippen LogP) is 2.73. The van der Waals surface area contributed by atoms with E-state index in [1.54, 1.807) is 36.5 Å². The van der Waals surface area contributed by atoms with Crippen molar-refractivity contribution in [2.75, 3.05) is 7.11 Å². The molecular formula is C29H34N6O5. The number of para-hydroxylation sites is 1. The maximum atomic E-state index is 13.7. The number of carbonyl (C=O) groups excluding carboxylic acids is 2. The molecule has 0 radical (unpaired) electrons. The van der Waals surface area contributed by atoms with E-state index < -0.39 is 11.0 Å². The third-order valence-corrected chi connectivity index (χ3v) is 7.90. The van der Waals surface area contributed by atoms with Crippen LogP contribution in [-0.4, -0.2) is 56.4 Å². The number of nitrogens with zero attached hydrogens (tertiary/aromatic N) is 4. The fourth-order valence-corrected chi connectivity index (χ4v) is 5.68. The number of nitrogens with two attached hydrogens (primary N) is 1. The van der Waals surface area contributed by atoms with Crippen molar-refractivity contribution < 1.29 is 19.2 Å². The van der Waals surface area contributed by atoms with Gasteiger partial charge in [0.25, 0.3) is 5.69 Å². The summed E-state index contributed by atoms with van der Waals surface area (Å²) in [6, 6.07) is 12.9. The van der Waals surface area contributed by atoms with Crippen LogP contribution in [0.5, 0.6) is 5.75 Å². The summed E-state index contributed by atoms with van der Waals surface area (Å²) in [5, 5.41) is 14.7. The molecule has 3 N–H and O–H groups in total. The number of nitro benzene ring substituents is 1. The summed E-state index contributed by atoms with van der Waals surface area (Å²) in [6.45, 7) is 0.388. The smallest absolute Gasteiger partial charge is 0.274 e. The van der Waals surface area contributed by atoms with Crippen LogP contribution in [0.2, 0.25) is 0 Å². The molecule has 2 aromatic carbocycles. The fraction of sp³-hybridized carbons (Fsp3) is 0.414. The van der Waals surface area contributed by atoms with E-state index in [0.717, 1.165) is 36.9 Å². The molecule has 0 spiro atoms. The minimum atomic E-state index is -0.742. The first kappa shape index (κ1) is 27.3. The summed E-state index contributed by atoms with van der Waals surface area (Å²) >= 11 is 0. The van der Waals surface area contributed by atoms with Gasteiger partial charge in [0.05, 0.1) is 49.3 Å². The highest BCUT2D eigenvalue weighted by Gasteiger charge is 2.38. The standard InChI is InChI=1S/C29H34N6O5/c1-40-21-9-6-7-19(13-21)14-28(36)34-17-27-24(15-26(34)29(37)32-23-11-4-3-10-22(23)30)31-18-33(27)16-20-8-2-5-12-25(20)35(38)39/h2,5-9,12-13,18,22-23,26H,3-4,10-11,14-17,30H2,1H3,(H,32,37). The van der Waals surface area contributed by atoms with Gasteiger partial charge in [-0.05, 0) is 30.5 Å². The Labute approximate surface area is 232 Å². The Hall–Kier alpha value is -4.25. The topological polar surface area (TPSA) is 146 Å². The Balaban J connectivity index is 1.43. The van der Waals surface area contributed by atoms with Crippen molar-refractivity contribution >= 4 is 17.5 Å². The minimum Gasteiger partial charge on any atom is -0.497 e. The second-order valence-corrected chi connectivity index (χ2v) is 10.5. The Bertz CT molecular complexity index is 1410. The molecule has 11 nitrogen and oxygen atoms in total. The average molecular weight is 547 g/mol. The Morgan fingerprint density at radius 2 is 1.98 bits per heavy atom. The van der Waals surface area contributed by atoms with Crippen LogP contribution >= 0.6 is 0 Å². The second kappa shape index (κ2) is 11.9. The molecule has 210 valence electrons. The molecule has 0 bridgehead atoms. The lowest BCUT2D eigenvalue weighted by Crippen LogP contribution is -2.58. The molecular weight excluding hydrogens is 512 g/mol. The third-order valence-electron chi connectivity index (χ3n) is 7.90. The second-order valence-electron chi connectivity index (χ2n) is 10.5. The summed E-state index contributed by atoms with van der Waals surface area (Å²) in [4.78, 5) is 44.7. The summed E-state index contributed by atoms with van der Waals surface area (Å²) in [5.41, 5.74) is 9.09. The van der Waals surface area contributed by atoms with Crippen LogP contribution in [0.1, 0.15) is 48.2 Å². The van der Waals surface area contributed by atoms with Gasteiger partial charge in [0.2, 0.25) is 11.8 Å². The van der Waals surface area contributed by atoms with E-state index >= 15 is 0 Å². The maximum Gasteiger partial charge on any atom is 0.274 e. The SMILES string of the molecule is COc1cccc(CC(=O)N2Cc3c(ncn3Cc3ccccc3[N+](=O)[O-])CC2C(=O)NC2CCCCC2N)c1. The van der Waals surface area contributed by atoms with Gasteiger partial charge in [-0.3, -0.25) is 19.7 Å². The van der Waals surface area contributed by atoms with Crippen LogP contribution < -0.4 is 15.8 Å². The van der Waals surface area contributed by atoms with Gasteiger partial charge in [0, 0.05) is 30.1 Å². The van der Waals surface area contributed by atoms with E-state index in [2.05, 4.69) is 10.3 Å². The Kier molecular flexibility index (Phi) is 8.11. The first-order valence-corrected chi connectivity index (χ1v) is 13.6. The molecule has 1 fully saturated rings. The molecule has 0 saturated heterocycles. The van der Waals surface area contributed by atoms with Crippen molar-refractivity contribution in [3.05, 3.63) is 87.5 Å². The molecule has 3 aromatic rings. The molecule has 2 amide bonds. The highest BCUT2D eigenvalue weighted by atomic mass is 16.6. The number of hydrogen-bond donors (Lipinski definition) is 2. The number of carbonyl (C=O) groups is 2. The molecule has 5 rings (SSSR count). The van der Waals surface area contributed by atoms with Crippen LogP contribution in [0, 0.1) is 10.1 Å². The number of benzene rings is 2. The van der Waals surface area contributed by atoms with Crippen molar-refractivity contribution in [1.29, 1.82) is 0 Å². The fourth-order valence-electron chi connectivity index (χ4n) is 5.68. The van der Waals surface area contributed by atoms with Crippen LogP contribution in [0.15, 0.2) is 54.9 Å². The molecule has 2 heterocycles. The van der Waals surface area contributed by atoms with E-state index in [1.807, 2.05) is 28.8 Å². The van der Waals surface area contributed by atoms with Crippen molar-refractivity contribution in [3.63, 3.8) is 0 Å². The number of imidazole rings is 1. The van der Waals surface area contributed by atoms with Gasteiger partial charge in [-0.25, -0.2) is 4.98 Å². The van der Waals surface area contributed by atoms with Crippen molar-refractivity contribution in [2.24, 2.45) is 5.73 Å². The summed E-state index contributed by atoms with van der Waals surface area (Å²) in [6.07, 6.45) is 5.68. The number of hydrogen-bond acceptors (Lipinski definition) is 7. The molecule has 1 aromatic heterocycles. The lowest BCUT2D eigenvalue weighted by molar-refractivity contribution is -0.385. The zero-order valence-electron chi connectivity index (χ0n) is 22.5. The molecule has 2 aliphatic rings. The highest BCUT2D eigenvalue weighted by Crippen LogP contribution is 2.27. The van der Waals surface area contributed by atoms with Gasteiger partial charge in [0.1, 0.15) is 11.8 Å². The monoisotopic (exact) mass is 546 g/mol. The molecule has 3 atom stereocenters. The van der Waals surface area contributed by atoms with E-state index in [1.165, 1.54) is 6.07 Å². The molecule has 11 heteroatoms. The van der Waals surface area contributed by atoms with Crippen LogP contribution in [-0.2, 0) is 35.5 Å². The first-order valence-electron chi connectivity index (χ1n) is 13.6. The zero-order chi connectivity index (χ0) is 28.2. The van der Waals surface area contributed by atoms with Gasteiger partial charge in [-0.15, -0.1) is 0 Å². The van der Waals surface area contributed by atoms with Crippen LogP contribution in [0.25, 0.3) is 0 Å². The molecule has 3 unspecified atom stereocenters. The lowest BCUT2D eigenvalue weighted by Gasteiger charge is -2.37. The maximum absolute atomic E-state index is 13.7. The number of nitrogens with one attached hydrogen (secondary N) is 1. The third kappa shape index (κ3) is 5.84. The van der Waals surface area contributed by atoms with E-state index in [0.29, 0.717) is 17.0 Å².